The topological polar surface area (TPSA) is 84.8 Å². The molecule has 1 amide bonds. The van der Waals surface area contributed by atoms with Crippen LogP contribution in [0.15, 0.2) is 36.7 Å². The van der Waals surface area contributed by atoms with E-state index >= 15 is 0 Å². The fourth-order valence-corrected chi connectivity index (χ4v) is 5.58. The minimum atomic E-state index is -0.435. The van der Waals surface area contributed by atoms with E-state index in [9.17, 15) is 9.90 Å². The van der Waals surface area contributed by atoms with Gasteiger partial charge in [0.25, 0.3) is 5.91 Å². The van der Waals surface area contributed by atoms with Crippen LogP contribution in [-0.2, 0) is 13.0 Å². The number of rotatable bonds is 4. The van der Waals surface area contributed by atoms with Crippen LogP contribution >= 0.6 is 0 Å². The minimum Gasteiger partial charge on any atom is -0.391 e. The predicted octanol–water partition coefficient (Wildman–Crippen LogP) is 2.01. The van der Waals surface area contributed by atoms with Crippen molar-refractivity contribution in [3.63, 3.8) is 0 Å². The van der Waals surface area contributed by atoms with E-state index in [1.807, 2.05) is 4.90 Å². The molecule has 8 heteroatoms. The van der Waals surface area contributed by atoms with Crippen LogP contribution in [0.25, 0.3) is 0 Å². The summed E-state index contributed by atoms with van der Waals surface area (Å²) in [6.45, 7) is 5.11. The van der Waals surface area contributed by atoms with Crippen LogP contribution in [0, 0.1) is 0 Å². The second-order valence-electron chi connectivity index (χ2n) is 10.0. The number of carbonyl (C=O) groups excluding carboxylic acids is 1. The number of piperidine rings is 1. The quantitative estimate of drug-likeness (QED) is 0.716. The Bertz CT molecular complexity index is 993. The molecule has 2 saturated heterocycles. The van der Waals surface area contributed by atoms with Gasteiger partial charge in [0.1, 0.15) is 17.8 Å². The fourth-order valence-electron chi connectivity index (χ4n) is 5.58. The van der Waals surface area contributed by atoms with Crippen molar-refractivity contribution in [2.24, 2.45) is 0 Å². The molecule has 4 heterocycles. The lowest BCUT2D eigenvalue weighted by atomic mass is 9.96. The number of anilines is 1. The van der Waals surface area contributed by atoms with Gasteiger partial charge in [0, 0.05) is 44.3 Å². The average Bonchev–Trinajstić information content (AvgIpc) is 3.06. The highest BCUT2D eigenvalue weighted by Crippen LogP contribution is 2.26. The summed E-state index contributed by atoms with van der Waals surface area (Å²) in [6.07, 6.45) is 5.53. The highest BCUT2D eigenvalue weighted by Gasteiger charge is 2.33. The monoisotopic (exact) mass is 464 g/mol. The predicted molar refractivity (Wildman–Crippen MR) is 132 cm³/mol. The molecule has 8 nitrogen and oxygen atoms in total. The molecule has 0 bridgehead atoms. The molecule has 3 aliphatic rings. The molecule has 1 aromatic heterocycles. The van der Waals surface area contributed by atoms with Crippen molar-refractivity contribution in [1.29, 1.82) is 0 Å². The van der Waals surface area contributed by atoms with Gasteiger partial charge < -0.3 is 20.2 Å². The van der Waals surface area contributed by atoms with Gasteiger partial charge in [-0.1, -0.05) is 24.3 Å². The summed E-state index contributed by atoms with van der Waals surface area (Å²) >= 11 is 0. The third-order valence-corrected chi connectivity index (χ3v) is 7.71. The van der Waals surface area contributed by atoms with E-state index in [1.165, 1.54) is 17.5 Å². The number of fused-ring (bicyclic) bond motifs is 1. The van der Waals surface area contributed by atoms with Gasteiger partial charge in [-0.25, -0.2) is 9.97 Å². The number of aliphatic hydroxyl groups is 1. The maximum Gasteiger partial charge on any atom is 0.272 e. The molecule has 2 fully saturated rings. The molecule has 0 saturated carbocycles. The number of hydrogen-bond donors (Lipinski definition) is 2. The van der Waals surface area contributed by atoms with Gasteiger partial charge in [-0.05, 0) is 63.4 Å². The molecule has 2 atom stereocenters. The molecule has 0 radical (unpaired) electrons. The van der Waals surface area contributed by atoms with Gasteiger partial charge in [0.2, 0.25) is 0 Å². The summed E-state index contributed by atoms with van der Waals surface area (Å²) in [4.78, 5) is 28.5. The third kappa shape index (κ3) is 5.24. The molecule has 2 unspecified atom stereocenters. The van der Waals surface area contributed by atoms with Crippen molar-refractivity contribution < 1.29 is 9.90 Å². The molecule has 0 spiro atoms. The molecule has 3 aliphatic heterocycles. The fraction of sp³-hybridized carbons (Fsp3) is 0.577. The Kier molecular flexibility index (Phi) is 7.08. The van der Waals surface area contributed by atoms with Crippen molar-refractivity contribution >= 4 is 11.7 Å². The lowest BCUT2D eigenvalue weighted by molar-refractivity contribution is 0.0394. The zero-order valence-corrected chi connectivity index (χ0v) is 20.1. The van der Waals surface area contributed by atoms with Crippen molar-refractivity contribution in [1.82, 2.24) is 24.7 Å². The number of hydrogen-bond acceptors (Lipinski definition) is 7. The van der Waals surface area contributed by atoms with Gasteiger partial charge in [-0.2, -0.15) is 0 Å². The first-order valence-electron chi connectivity index (χ1n) is 12.6. The van der Waals surface area contributed by atoms with Crippen molar-refractivity contribution in [3.05, 3.63) is 53.5 Å². The normalized spacial score (nSPS) is 24.9. The van der Waals surface area contributed by atoms with Crippen LogP contribution in [-0.4, -0.2) is 93.6 Å². The van der Waals surface area contributed by atoms with Gasteiger partial charge in [0.05, 0.1) is 6.10 Å². The SMILES string of the molecule is CN1CCC(Nc2cc(C(=O)N3CCC(O)C(N4CCc5ccccc5C4)CC3)ncn2)CC1. The van der Waals surface area contributed by atoms with Crippen LogP contribution < -0.4 is 5.32 Å². The van der Waals surface area contributed by atoms with Gasteiger partial charge in [-0.15, -0.1) is 0 Å². The molecule has 34 heavy (non-hydrogen) atoms. The largest absolute Gasteiger partial charge is 0.391 e. The summed E-state index contributed by atoms with van der Waals surface area (Å²) in [5.74, 6) is 0.637. The number of amides is 1. The van der Waals surface area contributed by atoms with Crippen molar-refractivity contribution in [3.8, 4) is 0 Å². The smallest absolute Gasteiger partial charge is 0.272 e. The van der Waals surface area contributed by atoms with E-state index in [-0.39, 0.29) is 11.9 Å². The van der Waals surface area contributed by atoms with Gasteiger partial charge in [-0.3, -0.25) is 9.69 Å². The van der Waals surface area contributed by atoms with Crippen LogP contribution in [0.1, 0.15) is 47.3 Å². The Morgan fingerprint density at radius 1 is 1.00 bits per heavy atom. The average molecular weight is 465 g/mol. The van der Waals surface area contributed by atoms with E-state index in [1.54, 1.807) is 6.07 Å². The number of likely N-dealkylation sites (tertiary alicyclic amines) is 2. The first-order chi connectivity index (χ1) is 16.6. The van der Waals surface area contributed by atoms with E-state index in [0.717, 1.165) is 51.9 Å². The molecular weight excluding hydrogens is 428 g/mol. The lowest BCUT2D eigenvalue weighted by Gasteiger charge is -2.37. The van der Waals surface area contributed by atoms with E-state index in [4.69, 9.17) is 0 Å². The molecule has 1 aromatic carbocycles. The summed E-state index contributed by atoms with van der Waals surface area (Å²) in [5, 5.41) is 14.4. The summed E-state index contributed by atoms with van der Waals surface area (Å²) in [5.41, 5.74) is 3.18. The second-order valence-corrected chi connectivity index (χ2v) is 10.0. The maximum absolute atomic E-state index is 13.3. The number of benzene rings is 1. The molecular formula is C26H36N6O2. The first-order valence-corrected chi connectivity index (χ1v) is 12.6. The van der Waals surface area contributed by atoms with E-state index in [0.29, 0.717) is 37.1 Å². The molecule has 2 N–H and O–H groups in total. The Morgan fingerprint density at radius 3 is 2.59 bits per heavy atom. The first kappa shape index (κ1) is 23.2. The highest BCUT2D eigenvalue weighted by atomic mass is 16.3. The van der Waals surface area contributed by atoms with Crippen molar-refractivity contribution in [2.45, 2.75) is 56.8 Å². The third-order valence-electron chi connectivity index (χ3n) is 7.71. The minimum absolute atomic E-state index is 0.0678. The Morgan fingerprint density at radius 2 is 1.76 bits per heavy atom. The number of nitrogens with zero attached hydrogens (tertiary/aromatic N) is 5. The zero-order chi connectivity index (χ0) is 23.5. The molecule has 5 rings (SSSR count). The van der Waals surface area contributed by atoms with E-state index in [2.05, 4.69) is 56.4 Å². The lowest BCUT2D eigenvalue weighted by Crippen LogP contribution is -2.46. The van der Waals surface area contributed by atoms with E-state index < -0.39 is 6.10 Å². The van der Waals surface area contributed by atoms with Crippen LogP contribution in [0.5, 0.6) is 0 Å². The molecule has 182 valence electrons. The zero-order valence-electron chi connectivity index (χ0n) is 20.1. The summed E-state index contributed by atoms with van der Waals surface area (Å²) < 4.78 is 0. The summed E-state index contributed by atoms with van der Waals surface area (Å²) in [7, 11) is 2.14. The number of aliphatic hydroxyl groups excluding tert-OH is 1. The van der Waals surface area contributed by atoms with Crippen molar-refractivity contribution in [2.75, 3.05) is 45.1 Å². The van der Waals surface area contributed by atoms with Gasteiger partial charge >= 0.3 is 0 Å². The number of nitrogens with one attached hydrogen (secondary N) is 1. The molecule has 0 aliphatic carbocycles. The standard InChI is InChI=1S/C26H36N6O2/c1-30-11-7-21(8-12-30)29-25-16-22(27-18-28-25)26(34)31-14-9-23(24(33)10-15-31)32-13-6-19-4-2-3-5-20(19)17-32/h2-5,16,18,21,23-24,33H,6-15,17H2,1H3,(H,27,28,29). The van der Waals surface area contributed by atoms with Crippen LogP contribution in [0.3, 0.4) is 0 Å². The van der Waals surface area contributed by atoms with Gasteiger partial charge in [0.15, 0.2) is 0 Å². The van der Waals surface area contributed by atoms with Crippen LogP contribution in [0.4, 0.5) is 5.82 Å². The molecule has 2 aromatic rings. The Balaban J connectivity index is 1.21. The second kappa shape index (κ2) is 10.4. The Hall–Kier alpha value is -2.55. The Labute approximate surface area is 202 Å². The number of aromatic nitrogens is 2. The summed E-state index contributed by atoms with van der Waals surface area (Å²) in [6, 6.07) is 10.8. The van der Waals surface area contributed by atoms with Crippen LogP contribution in [0.2, 0.25) is 0 Å². The number of carbonyl (C=O) groups is 1. The maximum atomic E-state index is 13.3. The highest BCUT2D eigenvalue weighted by molar-refractivity contribution is 5.92.